The fraction of sp³-hybridized carbons (Fsp3) is 0.786. The fourth-order valence-electron chi connectivity index (χ4n) is 1.10. The Balaban J connectivity index is -0.000000128. The van der Waals surface area contributed by atoms with Gasteiger partial charge in [-0.25, -0.2) is 0 Å². The first-order valence-electron chi connectivity index (χ1n) is 11.8. The van der Waals surface area contributed by atoms with Crippen LogP contribution in [-0.4, -0.2) is 23.8 Å². The van der Waals surface area contributed by atoms with Crippen molar-refractivity contribution in [1.82, 2.24) is 0 Å². The molecule has 7 heteroatoms. The van der Waals surface area contributed by atoms with Crippen molar-refractivity contribution >= 4 is 11.6 Å². The van der Waals surface area contributed by atoms with Crippen LogP contribution in [0.3, 0.4) is 0 Å². The number of rotatable bonds is 2. The standard InChI is InChI=1S/2C11H20O2.2C3H7O.Ti/c2*1-10(2,3)8(12)7-9(13)11(4,5)6;2*1-3(2)4;/h2*7,12H,1-6H3;2*3H,1-2H3;/q;;2*-1;+4/p-2. The smallest absolute Gasteiger partial charge is 0.875 e. The summed E-state index contributed by atoms with van der Waals surface area (Å²) in [7, 11) is 0. The third-order valence-corrected chi connectivity index (χ3v) is 3.48. The van der Waals surface area contributed by atoms with Crippen LogP contribution in [0, 0.1) is 21.7 Å². The van der Waals surface area contributed by atoms with Crippen LogP contribution >= 0.6 is 0 Å². The molecule has 0 atom stereocenters. The monoisotopic (exact) mass is 532 g/mol. The predicted octanol–water partition coefficient (Wildman–Crippen LogP) is 3.29. The number of allylic oxidation sites excluding steroid dienone is 4. The van der Waals surface area contributed by atoms with E-state index in [1.807, 2.05) is 83.1 Å². The van der Waals surface area contributed by atoms with Gasteiger partial charge in [0.1, 0.15) is 0 Å². The Hall–Kier alpha value is -0.946. The van der Waals surface area contributed by atoms with Gasteiger partial charge in [-0.3, -0.25) is 9.59 Å². The van der Waals surface area contributed by atoms with Gasteiger partial charge in [-0.2, -0.15) is 0 Å². The third kappa shape index (κ3) is 33.1. The maximum atomic E-state index is 11.4. The molecule has 0 heterocycles. The molecule has 0 unspecified atom stereocenters. The van der Waals surface area contributed by atoms with Gasteiger partial charge in [-0.1, -0.05) is 111 Å². The van der Waals surface area contributed by atoms with Crippen molar-refractivity contribution in [3.8, 4) is 0 Å². The van der Waals surface area contributed by atoms with E-state index < -0.39 is 33.9 Å². The Kier molecular flexibility index (Phi) is 23.1. The summed E-state index contributed by atoms with van der Waals surface area (Å²) in [6.45, 7) is 28.1. The quantitative estimate of drug-likeness (QED) is 0.305. The second-order valence-corrected chi connectivity index (χ2v) is 12.8. The van der Waals surface area contributed by atoms with Crippen molar-refractivity contribution in [2.45, 2.75) is 123 Å². The minimum atomic E-state index is -0.457. The molecule has 0 rings (SSSR count). The van der Waals surface area contributed by atoms with E-state index >= 15 is 0 Å². The second kappa shape index (κ2) is 18.3. The maximum Gasteiger partial charge on any atom is 4.00 e. The van der Waals surface area contributed by atoms with Gasteiger partial charge in [-0.05, 0) is 23.0 Å². The van der Waals surface area contributed by atoms with E-state index in [0.29, 0.717) is 0 Å². The van der Waals surface area contributed by atoms with Crippen LogP contribution in [0.1, 0.15) is 111 Å². The first-order valence-corrected chi connectivity index (χ1v) is 11.8. The zero-order valence-electron chi connectivity index (χ0n) is 25.3. The molecule has 0 fully saturated rings. The summed E-state index contributed by atoms with van der Waals surface area (Å²) in [5, 5.41) is 41.9. The van der Waals surface area contributed by atoms with Gasteiger partial charge in [0.05, 0.1) is 0 Å². The summed E-state index contributed by atoms with van der Waals surface area (Å²) < 4.78 is 0. The number of carbonyl (C=O) groups excluding carboxylic acids is 2. The first-order chi connectivity index (χ1) is 14.6. The normalized spacial score (nSPS) is 12.8. The number of ketones is 2. The number of carbonyl (C=O) groups is 2. The predicted molar refractivity (Wildman–Crippen MR) is 134 cm³/mol. The number of hydrogen-bond donors (Lipinski definition) is 0. The topological polar surface area (TPSA) is 126 Å². The van der Waals surface area contributed by atoms with E-state index in [1.54, 1.807) is 27.7 Å². The molecule has 35 heavy (non-hydrogen) atoms. The Labute approximate surface area is 231 Å². The third-order valence-electron chi connectivity index (χ3n) is 3.48. The van der Waals surface area contributed by atoms with Crippen LogP contribution in [0.15, 0.2) is 23.7 Å². The molecule has 204 valence electrons. The molecule has 0 saturated heterocycles. The average Bonchev–Trinajstić information content (AvgIpc) is 2.50. The molecule has 0 aliphatic carbocycles. The zero-order chi connectivity index (χ0) is 28.9. The van der Waals surface area contributed by atoms with E-state index in [-0.39, 0.29) is 44.8 Å². The van der Waals surface area contributed by atoms with Gasteiger partial charge in [0.25, 0.3) is 0 Å². The molecular formula is C28H52O6Ti. The maximum absolute atomic E-state index is 11.4. The van der Waals surface area contributed by atoms with Gasteiger partial charge in [0.2, 0.25) is 0 Å². The molecule has 0 N–H and O–H groups in total. The molecule has 0 aliphatic heterocycles. The van der Waals surface area contributed by atoms with E-state index in [2.05, 4.69) is 0 Å². The van der Waals surface area contributed by atoms with Gasteiger partial charge in [-0.15, -0.1) is 23.7 Å². The summed E-state index contributed by atoms with van der Waals surface area (Å²) in [5.74, 6) is -0.417. The first kappa shape index (κ1) is 44.1. The van der Waals surface area contributed by atoms with Crippen LogP contribution in [0.25, 0.3) is 0 Å². The fourth-order valence-corrected chi connectivity index (χ4v) is 1.10. The van der Waals surface area contributed by atoms with Crippen LogP contribution in [0.4, 0.5) is 0 Å². The molecular weight excluding hydrogens is 480 g/mol. The largest absolute Gasteiger partial charge is 4.00 e. The summed E-state index contributed by atoms with van der Waals surface area (Å²) >= 11 is 0. The molecule has 0 radical (unpaired) electrons. The molecule has 0 aliphatic rings. The van der Waals surface area contributed by atoms with Crippen molar-refractivity contribution in [2.75, 3.05) is 0 Å². The van der Waals surface area contributed by atoms with Crippen LogP contribution < -0.4 is 20.4 Å². The number of hydrogen-bond acceptors (Lipinski definition) is 6. The van der Waals surface area contributed by atoms with E-state index in [4.69, 9.17) is 0 Å². The molecule has 0 aromatic rings. The summed E-state index contributed by atoms with van der Waals surface area (Å²) in [5.41, 5.74) is -1.83. The van der Waals surface area contributed by atoms with E-state index in [0.717, 1.165) is 0 Å². The Morgan fingerprint density at radius 2 is 0.657 bits per heavy atom. The van der Waals surface area contributed by atoms with Crippen LogP contribution in [0.2, 0.25) is 0 Å². The van der Waals surface area contributed by atoms with Gasteiger partial charge in [0.15, 0.2) is 11.6 Å². The molecule has 0 aromatic carbocycles. The molecule has 0 bridgehead atoms. The molecule has 0 amide bonds. The second-order valence-electron chi connectivity index (χ2n) is 12.8. The Morgan fingerprint density at radius 3 is 0.743 bits per heavy atom. The minimum absolute atomic E-state index is 0. The van der Waals surface area contributed by atoms with Crippen molar-refractivity contribution in [2.24, 2.45) is 21.7 Å². The molecule has 0 saturated carbocycles. The van der Waals surface area contributed by atoms with Gasteiger partial charge >= 0.3 is 21.7 Å². The minimum Gasteiger partial charge on any atom is -0.875 e. The van der Waals surface area contributed by atoms with Gasteiger partial charge < -0.3 is 20.4 Å². The van der Waals surface area contributed by atoms with E-state index in [1.165, 1.54) is 12.2 Å². The summed E-state index contributed by atoms with van der Waals surface area (Å²) in [4.78, 5) is 22.9. The Bertz CT molecular complexity index is 583. The average molecular weight is 533 g/mol. The van der Waals surface area contributed by atoms with Crippen molar-refractivity contribution in [3.05, 3.63) is 23.7 Å². The molecule has 0 spiro atoms. The molecule has 0 aromatic heterocycles. The SMILES string of the molecule is CC(C)(C)C(=O)C=C([O-])C(C)(C)C.CC(C)(C)C(=O)C=C([O-])C(C)(C)C.CC(C)[O-].CC(C)[O-].[Ti+4]. The van der Waals surface area contributed by atoms with Crippen LogP contribution in [-0.2, 0) is 31.3 Å². The summed E-state index contributed by atoms with van der Waals surface area (Å²) in [6.07, 6.45) is 1.61. The van der Waals surface area contributed by atoms with Crippen molar-refractivity contribution in [1.29, 1.82) is 0 Å². The van der Waals surface area contributed by atoms with Gasteiger partial charge in [0, 0.05) is 10.8 Å². The zero-order valence-corrected chi connectivity index (χ0v) is 26.8. The van der Waals surface area contributed by atoms with Crippen molar-refractivity contribution < 1.29 is 51.7 Å². The van der Waals surface area contributed by atoms with Crippen LogP contribution in [0.5, 0.6) is 0 Å². The molecule has 6 nitrogen and oxygen atoms in total. The Morgan fingerprint density at radius 1 is 0.514 bits per heavy atom. The van der Waals surface area contributed by atoms with Crippen molar-refractivity contribution in [3.63, 3.8) is 0 Å². The summed E-state index contributed by atoms with van der Waals surface area (Å²) in [6, 6.07) is 0. The van der Waals surface area contributed by atoms with E-state index in [9.17, 15) is 30.0 Å².